The second-order valence-corrected chi connectivity index (χ2v) is 7.33. The highest BCUT2D eigenvalue weighted by Crippen LogP contribution is 2.29. The molecule has 3 rings (SSSR count). The number of primary amides is 1. The van der Waals surface area contributed by atoms with Crippen molar-refractivity contribution in [2.45, 2.75) is 25.6 Å². The number of carbonyl (C=O) groups excluding carboxylic acids is 1. The number of phenols is 1. The predicted molar refractivity (Wildman–Crippen MR) is 122 cm³/mol. The number of methoxy groups -OCH3 is 2. The number of amides is 1. The Labute approximate surface area is 187 Å². The zero-order valence-corrected chi connectivity index (χ0v) is 18.2. The predicted octanol–water partition coefficient (Wildman–Crippen LogP) is 3.17. The Morgan fingerprint density at radius 2 is 1.69 bits per heavy atom. The summed E-state index contributed by atoms with van der Waals surface area (Å²) in [6.07, 6.45) is 0.425. The number of rotatable bonds is 11. The molecule has 0 radical (unpaired) electrons. The Morgan fingerprint density at radius 1 is 0.938 bits per heavy atom. The fourth-order valence-corrected chi connectivity index (χ4v) is 3.25. The Bertz CT molecular complexity index is 1040. The average molecular weight is 437 g/mol. The van der Waals surface area contributed by atoms with Gasteiger partial charge >= 0.3 is 0 Å². The molecule has 32 heavy (non-hydrogen) atoms. The van der Waals surface area contributed by atoms with Crippen LogP contribution < -0.4 is 25.3 Å². The summed E-state index contributed by atoms with van der Waals surface area (Å²) in [6, 6.07) is 19.5. The van der Waals surface area contributed by atoms with E-state index in [0.717, 1.165) is 22.4 Å². The van der Waals surface area contributed by atoms with Crippen LogP contribution in [0.3, 0.4) is 0 Å². The summed E-state index contributed by atoms with van der Waals surface area (Å²) in [6.45, 7) is 0.805. The maximum absolute atomic E-state index is 11.9. The highest BCUT2D eigenvalue weighted by atomic mass is 16.5. The van der Waals surface area contributed by atoms with Gasteiger partial charge in [-0.05, 0) is 59.5 Å². The topological polar surface area (TPSA) is 103 Å². The van der Waals surface area contributed by atoms with Crippen LogP contribution in [-0.4, -0.2) is 31.3 Å². The summed E-state index contributed by atoms with van der Waals surface area (Å²) in [5.41, 5.74) is 8.38. The van der Waals surface area contributed by atoms with E-state index in [0.29, 0.717) is 31.1 Å². The summed E-state index contributed by atoms with van der Waals surface area (Å²) in [4.78, 5) is 11.9. The van der Waals surface area contributed by atoms with Gasteiger partial charge in [0.25, 0.3) is 0 Å². The van der Waals surface area contributed by atoms with Gasteiger partial charge in [0, 0.05) is 6.54 Å². The van der Waals surface area contributed by atoms with Crippen molar-refractivity contribution >= 4 is 5.91 Å². The maximum atomic E-state index is 11.9. The van der Waals surface area contributed by atoms with E-state index in [1.54, 1.807) is 38.5 Å². The second kappa shape index (κ2) is 11.1. The van der Waals surface area contributed by atoms with E-state index in [9.17, 15) is 9.90 Å². The lowest BCUT2D eigenvalue weighted by atomic mass is 10.0. The van der Waals surface area contributed by atoms with E-state index in [4.69, 9.17) is 19.9 Å². The maximum Gasteiger partial charge on any atom is 0.234 e. The Morgan fingerprint density at radius 3 is 2.38 bits per heavy atom. The number of ether oxygens (including phenoxy) is 3. The summed E-state index contributed by atoms with van der Waals surface area (Å²) >= 11 is 0. The first-order valence-electron chi connectivity index (χ1n) is 10.2. The summed E-state index contributed by atoms with van der Waals surface area (Å²) in [5.74, 6) is 1.73. The van der Waals surface area contributed by atoms with Gasteiger partial charge in [-0.25, -0.2) is 0 Å². The molecule has 0 aromatic heterocycles. The van der Waals surface area contributed by atoms with Crippen molar-refractivity contribution in [1.29, 1.82) is 0 Å². The van der Waals surface area contributed by atoms with Crippen LogP contribution in [0.25, 0.3) is 0 Å². The van der Waals surface area contributed by atoms with Gasteiger partial charge in [0.2, 0.25) is 5.91 Å². The van der Waals surface area contributed by atoms with E-state index < -0.39 is 11.9 Å². The molecule has 3 aromatic rings. The Balaban J connectivity index is 1.62. The highest BCUT2D eigenvalue weighted by molar-refractivity contribution is 5.80. The number of aromatic hydroxyl groups is 1. The van der Waals surface area contributed by atoms with Gasteiger partial charge in [-0.15, -0.1) is 0 Å². The van der Waals surface area contributed by atoms with Gasteiger partial charge in [0.15, 0.2) is 11.5 Å². The van der Waals surface area contributed by atoms with Crippen molar-refractivity contribution in [1.82, 2.24) is 5.32 Å². The molecule has 4 N–H and O–H groups in total. The van der Waals surface area contributed by atoms with Crippen molar-refractivity contribution in [2.75, 3.05) is 14.2 Å². The second-order valence-electron chi connectivity index (χ2n) is 7.33. The van der Waals surface area contributed by atoms with Crippen LogP contribution in [0.15, 0.2) is 66.7 Å². The molecule has 7 heteroatoms. The van der Waals surface area contributed by atoms with Gasteiger partial charge in [0.1, 0.15) is 18.1 Å². The number of nitrogens with two attached hydrogens (primary N) is 1. The molecule has 0 aliphatic rings. The van der Waals surface area contributed by atoms with E-state index in [-0.39, 0.29) is 5.75 Å². The van der Waals surface area contributed by atoms with Crippen molar-refractivity contribution in [3.63, 3.8) is 0 Å². The van der Waals surface area contributed by atoms with Crippen LogP contribution in [0.4, 0.5) is 0 Å². The molecule has 0 bridgehead atoms. The zero-order chi connectivity index (χ0) is 22.9. The fraction of sp³-hybridized carbons (Fsp3) is 0.240. The standard InChI is InChI=1S/C25H28N2O5/c1-30-21-5-3-4-19(12-21)16-32-23-11-8-18(14-24(23)31-2)15-27-22(25(26)29)13-17-6-9-20(28)10-7-17/h3-12,14,22,27-28H,13,15-16H2,1-2H3,(H2,26,29)/t22-/m0/s1. The SMILES string of the molecule is COc1cccc(COc2ccc(CN[C@@H](Cc3ccc(O)cc3)C(N)=O)cc2OC)c1. The lowest BCUT2D eigenvalue weighted by Gasteiger charge is -2.17. The molecular weight excluding hydrogens is 408 g/mol. The third kappa shape index (κ3) is 6.39. The molecule has 1 amide bonds. The number of carbonyl (C=O) groups is 1. The molecule has 168 valence electrons. The highest BCUT2D eigenvalue weighted by Gasteiger charge is 2.16. The molecule has 0 unspecified atom stereocenters. The molecular formula is C25H28N2O5. The number of nitrogens with one attached hydrogen (secondary N) is 1. The molecule has 0 aliphatic heterocycles. The number of benzene rings is 3. The van der Waals surface area contributed by atoms with Crippen molar-refractivity contribution in [2.24, 2.45) is 5.73 Å². The Hall–Kier alpha value is -3.71. The number of hydrogen-bond acceptors (Lipinski definition) is 6. The van der Waals surface area contributed by atoms with Crippen molar-refractivity contribution in [3.05, 3.63) is 83.4 Å². The summed E-state index contributed by atoms with van der Waals surface area (Å²) in [7, 11) is 3.21. The molecule has 0 aliphatic carbocycles. The number of phenolic OH excluding ortho intramolecular Hbond substituents is 1. The third-order valence-corrected chi connectivity index (χ3v) is 5.03. The normalized spacial score (nSPS) is 11.6. The smallest absolute Gasteiger partial charge is 0.234 e. The molecule has 0 spiro atoms. The fourth-order valence-electron chi connectivity index (χ4n) is 3.25. The van der Waals surface area contributed by atoms with Crippen LogP contribution in [0.5, 0.6) is 23.0 Å². The van der Waals surface area contributed by atoms with Crippen LogP contribution >= 0.6 is 0 Å². The van der Waals surface area contributed by atoms with Gasteiger partial charge < -0.3 is 30.4 Å². The third-order valence-electron chi connectivity index (χ3n) is 5.03. The van der Waals surface area contributed by atoms with Crippen LogP contribution in [0.1, 0.15) is 16.7 Å². The monoisotopic (exact) mass is 436 g/mol. The van der Waals surface area contributed by atoms with E-state index in [2.05, 4.69) is 5.32 Å². The van der Waals surface area contributed by atoms with Crippen molar-refractivity contribution < 1.29 is 24.1 Å². The first kappa shape index (κ1) is 23.0. The minimum absolute atomic E-state index is 0.179. The average Bonchev–Trinajstić information content (AvgIpc) is 2.81. The molecule has 1 atom stereocenters. The number of hydrogen-bond donors (Lipinski definition) is 3. The van der Waals surface area contributed by atoms with Crippen molar-refractivity contribution in [3.8, 4) is 23.0 Å². The van der Waals surface area contributed by atoms with Crippen LogP contribution in [0, 0.1) is 0 Å². The zero-order valence-electron chi connectivity index (χ0n) is 18.2. The minimum Gasteiger partial charge on any atom is -0.508 e. The molecule has 3 aromatic carbocycles. The van der Waals surface area contributed by atoms with E-state index >= 15 is 0 Å². The molecule has 0 saturated carbocycles. The quantitative estimate of drug-likeness (QED) is 0.427. The van der Waals surface area contributed by atoms with Crippen LogP contribution in [-0.2, 0) is 24.4 Å². The first-order chi connectivity index (χ1) is 15.5. The Kier molecular flexibility index (Phi) is 7.94. The van der Waals surface area contributed by atoms with Gasteiger partial charge in [0.05, 0.1) is 20.3 Å². The molecule has 0 fully saturated rings. The molecule has 7 nitrogen and oxygen atoms in total. The van der Waals surface area contributed by atoms with E-state index in [1.807, 2.05) is 42.5 Å². The minimum atomic E-state index is -0.547. The van der Waals surface area contributed by atoms with Crippen LogP contribution in [0.2, 0.25) is 0 Å². The van der Waals surface area contributed by atoms with Gasteiger partial charge in [-0.3, -0.25) is 4.79 Å². The van der Waals surface area contributed by atoms with Gasteiger partial charge in [-0.2, -0.15) is 0 Å². The molecule has 0 saturated heterocycles. The summed E-state index contributed by atoms with van der Waals surface area (Å²) in [5, 5.41) is 12.6. The van der Waals surface area contributed by atoms with Gasteiger partial charge in [-0.1, -0.05) is 30.3 Å². The first-order valence-corrected chi connectivity index (χ1v) is 10.2. The summed E-state index contributed by atoms with van der Waals surface area (Å²) < 4.78 is 16.7. The lowest BCUT2D eigenvalue weighted by Crippen LogP contribution is -2.42. The largest absolute Gasteiger partial charge is 0.508 e. The lowest BCUT2D eigenvalue weighted by molar-refractivity contribution is -0.120. The molecule has 0 heterocycles. The van der Waals surface area contributed by atoms with E-state index in [1.165, 1.54) is 0 Å².